The normalized spacial score (nSPS) is 14.7. The van der Waals surface area contributed by atoms with Crippen molar-refractivity contribution in [3.63, 3.8) is 0 Å². The van der Waals surface area contributed by atoms with Crippen LogP contribution in [-0.2, 0) is 4.79 Å². The van der Waals surface area contributed by atoms with E-state index in [1.807, 2.05) is 24.3 Å². The number of halogens is 1. The summed E-state index contributed by atoms with van der Waals surface area (Å²) in [5.41, 5.74) is 2.86. The third-order valence-corrected chi connectivity index (χ3v) is 5.17. The first kappa shape index (κ1) is 19.6. The predicted molar refractivity (Wildman–Crippen MR) is 115 cm³/mol. The monoisotopic (exact) mass is 402 g/mol. The number of carbonyl (C=O) groups is 1. The molecule has 1 saturated heterocycles. The molecule has 142 valence electrons. The van der Waals surface area contributed by atoms with Gasteiger partial charge in [-0.3, -0.25) is 9.69 Å². The summed E-state index contributed by atoms with van der Waals surface area (Å²) in [6, 6.07) is 15.4. The number of amides is 1. The average molecular weight is 403 g/mol. The molecule has 2 N–H and O–H groups in total. The van der Waals surface area contributed by atoms with Gasteiger partial charge in [-0.05, 0) is 43.4 Å². The Labute approximate surface area is 170 Å². The summed E-state index contributed by atoms with van der Waals surface area (Å²) >= 11 is 11.6. The number of hydrogen-bond donors (Lipinski definition) is 2. The van der Waals surface area contributed by atoms with E-state index in [1.165, 1.54) is 5.56 Å². The van der Waals surface area contributed by atoms with Crippen molar-refractivity contribution in [2.75, 3.05) is 43.4 Å². The molecule has 0 atom stereocenters. The SMILES string of the molecule is Cc1ccc(NC(=S)N2CCN(CC(=O)Nc3ccccc3Cl)CC2)cc1. The van der Waals surface area contributed by atoms with Crippen LogP contribution in [0.1, 0.15) is 5.56 Å². The summed E-state index contributed by atoms with van der Waals surface area (Å²) in [4.78, 5) is 16.5. The van der Waals surface area contributed by atoms with Gasteiger partial charge in [-0.15, -0.1) is 0 Å². The maximum atomic E-state index is 12.3. The first-order valence-electron chi connectivity index (χ1n) is 8.90. The number of carbonyl (C=O) groups excluding carboxylic acids is 1. The summed E-state index contributed by atoms with van der Waals surface area (Å²) < 4.78 is 0. The number of thiocarbonyl (C=S) groups is 1. The number of anilines is 2. The molecule has 0 spiro atoms. The van der Waals surface area contributed by atoms with Gasteiger partial charge in [-0.2, -0.15) is 0 Å². The van der Waals surface area contributed by atoms with Crippen molar-refractivity contribution >= 4 is 46.2 Å². The first-order valence-corrected chi connectivity index (χ1v) is 9.69. The van der Waals surface area contributed by atoms with Crippen LogP contribution in [0.2, 0.25) is 5.02 Å². The van der Waals surface area contributed by atoms with Gasteiger partial charge in [-0.1, -0.05) is 41.4 Å². The average Bonchev–Trinajstić information content (AvgIpc) is 2.66. The molecule has 1 aliphatic heterocycles. The zero-order chi connectivity index (χ0) is 19.2. The lowest BCUT2D eigenvalue weighted by atomic mass is 10.2. The van der Waals surface area contributed by atoms with Gasteiger partial charge < -0.3 is 15.5 Å². The molecule has 0 aromatic heterocycles. The van der Waals surface area contributed by atoms with Crippen LogP contribution in [-0.4, -0.2) is 53.5 Å². The zero-order valence-corrected chi connectivity index (χ0v) is 16.8. The van der Waals surface area contributed by atoms with Crippen LogP contribution < -0.4 is 10.6 Å². The van der Waals surface area contributed by atoms with Crippen LogP contribution in [0.25, 0.3) is 0 Å². The van der Waals surface area contributed by atoms with Crippen molar-refractivity contribution in [3.05, 3.63) is 59.1 Å². The smallest absolute Gasteiger partial charge is 0.238 e. The van der Waals surface area contributed by atoms with Crippen molar-refractivity contribution in [1.29, 1.82) is 0 Å². The number of aryl methyl sites for hydroxylation is 1. The molecule has 0 radical (unpaired) electrons. The second kappa shape index (κ2) is 9.17. The van der Waals surface area contributed by atoms with E-state index in [0.717, 1.165) is 37.0 Å². The molecule has 1 heterocycles. The Morgan fingerprint density at radius 3 is 2.37 bits per heavy atom. The fraction of sp³-hybridized carbons (Fsp3) is 0.300. The molecule has 1 fully saturated rings. The van der Waals surface area contributed by atoms with E-state index < -0.39 is 0 Å². The molecule has 3 rings (SSSR count). The van der Waals surface area contributed by atoms with E-state index in [2.05, 4.69) is 39.5 Å². The molecule has 0 unspecified atom stereocenters. The van der Waals surface area contributed by atoms with Crippen LogP contribution in [0, 0.1) is 6.92 Å². The summed E-state index contributed by atoms with van der Waals surface area (Å²) in [7, 11) is 0. The van der Waals surface area contributed by atoms with Crippen LogP contribution in [0.5, 0.6) is 0 Å². The number of hydrogen-bond acceptors (Lipinski definition) is 3. The highest BCUT2D eigenvalue weighted by molar-refractivity contribution is 7.80. The van der Waals surface area contributed by atoms with E-state index in [9.17, 15) is 4.79 Å². The molecule has 27 heavy (non-hydrogen) atoms. The highest BCUT2D eigenvalue weighted by atomic mass is 35.5. The largest absolute Gasteiger partial charge is 0.346 e. The van der Waals surface area contributed by atoms with E-state index >= 15 is 0 Å². The van der Waals surface area contributed by atoms with Crippen LogP contribution in [0.3, 0.4) is 0 Å². The van der Waals surface area contributed by atoms with Crippen molar-refractivity contribution in [2.45, 2.75) is 6.92 Å². The summed E-state index contributed by atoms with van der Waals surface area (Å²) in [6.07, 6.45) is 0. The Bertz CT molecular complexity index is 804. The molecule has 1 amide bonds. The fourth-order valence-corrected chi connectivity index (χ4v) is 3.39. The van der Waals surface area contributed by atoms with Gasteiger partial charge in [-0.25, -0.2) is 0 Å². The van der Waals surface area contributed by atoms with Crippen molar-refractivity contribution in [2.24, 2.45) is 0 Å². The van der Waals surface area contributed by atoms with E-state index in [0.29, 0.717) is 17.3 Å². The van der Waals surface area contributed by atoms with Crippen LogP contribution >= 0.6 is 23.8 Å². The minimum Gasteiger partial charge on any atom is -0.346 e. The van der Waals surface area contributed by atoms with Crippen molar-refractivity contribution < 1.29 is 4.79 Å². The van der Waals surface area contributed by atoms with Gasteiger partial charge in [0.25, 0.3) is 0 Å². The standard InChI is InChI=1S/C20H23ClN4OS/c1-15-6-8-16(9-7-15)22-20(27)25-12-10-24(11-13-25)14-19(26)23-18-5-3-2-4-17(18)21/h2-9H,10-14H2,1H3,(H,22,27)(H,23,26). The van der Waals surface area contributed by atoms with Crippen molar-refractivity contribution in [1.82, 2.24) is 9.80 Å². The Balaban J connectivity index is 1.44. The zero-order valence-electron chi connectivity index (χ0n) is 15.2. The molecule has 7 heteroatoms. The highest BCUT2D eigenvalue weighted by Crippen LogP contribution is 2.20. The maximum Gasteiger partial charge on any atom is 0.238 e. The van der Waals surface area contributed by atoms with E-state index in [-0.39, 0.29) is 5.91 Å². The lowest BCUT2D eigenvalue weighted by Gasteiger charge is -2.35. The van der Waals surface area contributed by atoms with Gasteiger partial charge in [0.15, 0.2) is 5.11 Å². The predicted octanol–water partition coefficient (Wildman–Crippen LogP) is 3.60. The van der Waals surface area contributed by atoms with Crippen molar-refractivity contribution in [3.8, 4) is 0 Å². The minimum absolute atomic E-state index is 0.0584. The highest BCUT2D eigenvalue weighted by Gasteiger charge is 2.21. The van der Waals surface area contributed by atoms with Gasteiger partial charge >= 0.3 is 0 Å². The lowest BCUT2D eigenvalue weighted by molar-refractivity contribution is -0.117. The third-order valence-electron chi connectivity index (χ3n) is 4.48. The maximum absolute atomic E-state index is 12.3. The lowest BCUT2D eigenvalue weighted by Crippen LogP contribution is -2.51. The quantitative estimate of drug-likeness (QED) is 0.765. The van der Waals surface area contributed by atoms with Crippen LogP contribution in [0.15, 0.2) is 48.5 Å². The molecule has 2 aromatic rings. The minimum atomic E-state index is -0.0584. The number of rotatable bonds is 4. The van der Waals surface area contributed by atoms with Gasteiger partial charge in [0.2, 0.25) is 5.91 Å². The molecule has 0 bridgehead atoms. The molecular weight excluding hydrogens is 380 g/mol. The third kappa shape index (κ3) is 5.66. The fourth-order valence-electron chi connectivity index (χ4n) is 2.90. The number of nitrogens with zero attached hydrogens (tertiary/aromatic N) is 2. The Morgan fingerprint density at radius 1 is 1.04 bits per heavy atom. The molecule has 5 nitrogen and oxygen atoms in total. The number of piperazine rings is 1. The Morgan fingerprint density at radius 2 is 1.70 bits per heavy atom. The van der Waals surface area contributed by atoms with Gasteiger partial charge in [0.05, 0.1) is 17.3 Å². The molecule has 0 saturated carbocycles. The number of benzene rings is 2. The summed E-state index contributed by atoms with van der Waals surface area (Å²) in [5.74, 6) is -0.0584. The summed E-state index contributed by atoms with van der Waals surface area (Å²) in [6.45, 7) is 5.55. The van der Waals surface area contributed by atoms with Gasteiger partial charge in [0, 0.05) is 31.9 Å². The molecular formula is C20H23ClN4OS. The second-order valence-corrected chi connectivity index (χ2v) is 7.38. The van der Waals surface area contributed by atoms with E-state index in [4.69, 9.17) is 23.8 Å². The summed E-state index contributed by atoms with van der Waals surface area (Å²) in [5, 5.41) is 7.41. The van der Waals surface area contributed by atoms with E-state index in [1.54, 1.807) is 12.1 Å². The molecule has 0 aliphatic carbocycles. The first-order chi connectivity index (χ1) is 13.0. The number of nitrogens with one attached hydrogen (secondary N) is 2. The second-order valence-electron chi connectivity index (χ2n) is 6.59. The Hall–Kier alpha value is -2.15. The topological polar surface area (TPSA) is 47.6 Å². The molecule has 2 aromatic carbocycles. The molecule has 1 aliphatic rings. The Kier molecular flexibility index (Phi) is 6.66. The number of para-hydroxylation sites is 1. The van der Waals surface area contributed by atoms with Gasteiger partial charge in [0.1, 0.15) is 0 Å². The van der Waals surface area contributed by atoms with Crippen LogP contribution in [0.4, 0.5) is 11.4 Å².